The second-order valence-electron chi connectivity index (χ2n) is 5.61. The molecule has 124 valence electrons. The van der Waals surface area contributed by atoms with E-state index in [9.17, 15) is 4.79 Å². The highest BCUT2D eigenvalue weighted by Gasteiger charge is 2.11. The highest BCUT2D eigenvalue weighted by molar-refractivity contribution is 6.30. The van der Waals surface area contributed by atoms with E-state index in [2.05, 4.69) is 17.3 Å². The second-order valence-corrected chi connectivity index (χ2v) is 6.04. The molecule has 0 atom stereocenters. The molecular formula is C17H22ClN3O2. The van der Waals surface area contributed by atoms with E-state index in [0.29, 0.717) is 26.1 Å². The molecule has 0 aliphatic rings. The molecule has 1 aromatic heterocycles. The lowest BCUT2D eigenvalue weighted by Gasteiger charge is -2.07. The maximum Gasteiger partial charge on any atom is 0.303 e. The molecular weight excluding hydrogens is 314 g/mol. The number of halogens is 1. The van der Waals surface area contributed by atoms with Crippen molar-refractivity contribution in [2.45, 2.75) is 39.8 Å². The molecule has 0 saturated heterocycles. The Labute approximate surface area is 141 Å². The number of rotatable bonds is 8. The maximum absolute atomic E-state index is 10.5. The Kier molecular flexibility index (Phi) is 6.19. The first kappa shape index (κ1) is 17.5. The van der Waals surface area contributed by atoms with Gasteiger partial charge in [0.1, 0.15) is 0 Å². The SMILES string of the molecule is Cc1nn(Cc2ccc(Cl)cc2)c(C)c1CNCCCC(=O)O. The van der Waals surface area contributed by atoms with Gasteiger partial charge in [-0.25, -0.2) is 0 Å². The van der Waals surface area contributed by atoms with Crippen LogP contribution in [0.1, 0.15) is 35.4 Å². The molecule has 5 nitrogen and oxygen atoms in total. The summed E-state index contributed by atoms with van der Waals surface area (Å²) in [5.74, 6) is -0.755. The quantitative estimate of drug-likeness (QED) is 0.727. The van der Waals surface area contributed by atoms with Gasteiger partial charge < -0.3 is 10.4 Å². The number of carboxylic acids is 1. The van der Waals surface area contributed by atoms with E-state index < -0.39 is 5.97 Å². The van der Waals surface area contributed by atoms with Gasteiger partial charge in [-0.15, -0.1) is 0 Å². The predicted octanol–water partition coefficient (Wildman–Crippen LogP) is 3.16. The van der Waals surface area contributed by atoms with Crippen LogP contribution in [0.25, 0.3) is 0 Å². The standard InChI is InChI=1S/C17H22ClN3O2/c1-12-16(10-19-9-3-4-17(22)23)13(2)21(20-12)11-14-5-7-15(18)8-6-14/h5-8,19H,3-4,9-11H2,1-2H3,(H,22,23). The Morgan fingerprint density at radius 3 is 2.65 bits per heavy atom. The Morgan fingerprint density at radius 2 is 2.00 bits per heavy atom. The molecule has 1 aromatic carbocycles. The average molecular weight is 336 g/mol. The van der Waals surface area contributed by atoms with Gasteiger partial charge in [0.15, 0.2) is 0 Å². The van der Waals surface area contributed by atoms with Crippen LogP contribution >= 0.6 is 11.6 Å². The van der Waals surface area contributed by atoms with Crippen molar-refractivity contribution in [2.24, 2.45) is 0 Å². The van der Waals surface area contributed by atoms with Gasteiger partial charge in [-0.1, -0.05) is 23.7 Å². The first-order chi connectivity index (χ1) is 11.0. The van der Waals surface area contributed by atoms with Gasteiger partial charge in [-0.2, -0.15) is 5.10 Å². The Bertz CT molecular complexity index is 665. The van der Waals surface area contributed by atoms with Gasteiger partial charge in [-0.3, -0.25) is 9.48 Å². The molecule has 2 aromatic rings. The van der Waals surface area contributed by atoms with Crippen molar-refractivity contribution >= 4 is 17.6 Å². The van der Waals surface area contributed by atoms with Crippen LogP contribution < -0.4 is 5.32 Å². The van der Waals surface area contributed by atoms with Crippen LogP contribution in [-0.2, 0) is 17.9 Å². The summed E-state index contributed by atoms with van der Waals surface area (Å²) in [6.45, 7) is 6.16. The Morgan fingerprint density at radius 1 is 1.30 bits per heavy atom. The van der Waals surface area contributed by atoms with E-state index in [4.69, 9.17) is 16.7 Å². The van der Waals surface area contributed by atoms with E-state index in [1.165, 1.54) is 5.56 Å². The number of aliphatic carboxylic acids is 1. The van der Waals surface area contributed by atoms with Crippen LogP contribution in [0.3, 0.4) is 0 Å². The molecule has 2 N–H and O–H groups in total. The summed E-state index contributed by atoms with van der Waals surface area (Å²) in [6.07, 6.45) is 0.827. The largest absolute Gasteiger partial charge is 0.481 e. The summed E-state index contributed by atoms with van der Waals surface area (Å²) in [5.41, 5.74) is 4.46. The number of aromatic nitrogens is 2. The van der Waals surface area contributed by atoms with Crippen molar-refractivity contribution in [3.8, 4) is 0 Å². The van der Waals surface area contributed by atoms with E-state index in [1.807, 2.05) is 35.9 Å². The highest BCUT2D eigenvalue weighted by Crippen LogP contribution is 2.16. The Hall–Kier alpha value is -1.85. The zero-order chi connectivity index (χ0) is 16.8. The van der Waals surface area contributed by atoms with Gasteiger partial charge in [0.2, 0.25) is 0 Å². The second kappa shape index (κ2) is 8.13. The third-order valence-corrected chi connectivity index (χ3v) is 4.07. The molecule has 0 amide bonds. The topological polar surface area (TPSA) is 67.2 Å². The fourth-order valence-corrected chi connectivity index (χ4v) is 2.61. The van der Waals surface area contributed by atoms with Crippen molar-refractivity contribution in [3.05, 3.63) is 51.8 Å². The molecule has 0 aliphatic carbocycles. The molecule has 0 radical (unpaired) electrons. The fourth-order valence-electron chi connectivity index (χ4n) is 2.48. The number of hydrogen-bond donors (Lipinski definition) is 2. The van der Waals surface area contributed by atoms with Gasteiger partial charge in [0.05, 0.1) is 12.2 Å². The van der Waals surface area contributed by atoms with Gasteiger partial charge in [0, 0.05) is 29.2 Å². The molecule has 0 aliphatic heterocycles. The minimum absolute atomic E-state index is 0.195. The summed E-state index contributed by atoms with van der Waals surface area (Å²) >= 11 is 5.91. The monoisotopic (exact) mass is 335 g/mol. The summed E-state index contributed by atoms with van der Waals surface area (Å²) in [5, 5.41) is 17.3. The first-order valence-corrected chi connectivity index (χ1v) is 8.05. The molecule has 0 saturated carbocycles. The third-order valence-electron chi connectivity index (χ3n) is 3.82. The number of benzene rings is 1. The van der Waals surface area contributed by atoms with Crippen molar-refractivity contribution in [3.63, 3.8) is 0 Å². The van der Waals surface area contributed by atoms with Crippen molar-refractivity contribution in [2.75, 3.05) is 6.54 Å². The number of carbonyl (C=O) groups is 1. The third kappa shape index (κ3) is 5.08. The maximum atomic E-state index is 10.5. The fraction of sp³-hybridized carbons (Fsp3) is 0.412. The molecule has 1 heterocycles. The lowest BCUT2D eigenvalue weighted by atomic mass is 10.2. The van der Waals surface area contributed by atoms with Crippen LogP contribution in [0, 0.1) is 13.8 Å². The molecule has 0 spiro atoms. The number of carboxylic acid groups (broad SMARTS) is 1. The van der Waals surface area contributed by atoms with Crippen molar-refractivity contribution < 1.29 is 9.90 Å². The van der Waals surface area contributed by atoms with Crippen molar-refractivity contribution in [1.82, 2.24) is 15.1 Å². The van der Waals surface area contributed by atoms with E-state index in [0.717, 1.165) is 22.0 Å². The Balaban J connectivity index is 1.95. The van der Waals surface area contributed by atoms with Crippen molar-refractivity contribution in [1.29, 1.82) is 0 Å². The molecule has 2 rings (SSSR count). The zero-order valence-corrected chi connectivity index (χ0v) is 14.2. The molecule has 6 heteroatoms. The first-order valence-electron chi connectivity index (χ1n) is 7.67. The van der Waals surface area contributed by atoms with Gasteiger partial charge in [0.25, 0.3) is 0 Å². The van der Waals surface area contributed by atoms with E-state index in [-0.39, 0.29) is 6.42 Å². The minimum atomic E-state index is -0.755. The van der Waals surface area contributed by atoms with Gasteiger partial charge in [-0.05, 0) is 44.5 Å². The number of nitrogens with zero attached hydrogens (tertiary/aromatic N) is 2. The lowest BCUT2D eigenvalue weighted by molar-refractivity contribution is -0.137. The molecule has 0 unspecified atom stereocenters. The van der Waals surface area contributed by atoms with Crippen LogP contribution in [0.5, 0.6) is 0 Å². The number of hydrogen-bond acceptors (Lipinski definition) is 3. The average Bonchev–Trinajstić information content (AvgIpc) is 2.76. The summed E-state index contributed by atoms with van der Waals surface area (Å²) in [4.78, 5) is 10.5. The molecule has 23 heavy (non-hydrogen) atoms. The number of aryl methyl sites for hydroxylation is 1. The minimum Gasteiger partial charge on any atom is -0.481 e. The zero-order valence-electron chi connectivity index (χ0n) is 13.5. The van der Waals surface area contributed by atoms with E-state index in [1.54, 1.807) is 0 Å². The normalized spacial score (nSPS) is 10.9. The highest BCUT2D eigenvalue weighted by atomic mass is 35.5. The summed E-state index contributed by atoms with van der Waals surface area (Å²) < 4.78 is 1.99. The van der Waals surface area contributed by atoms with Crippen LogP contribution in [0.2, 0.25) is 5.02 Å². The van der Waals surface area contributed by atoms with Gasteiger partial charge >= 0.3 is 5.97 Å². The number of nitrogens with one attached hydrogen (secondary N) is 1. The van der Waals surface area contributed by atoms with Crippen LogP contribution in [0.4, 0.5) is 0 Å². The van der Waals surface area contributed by atoms with E-state index >= 15 is 0 Å². The smallest absolute Gasteiger partial charge is 0.303 e. The van der Waals surface area contributed by atoms with Crippen LogP contribution in [-0.4, -0.2) is 27.4 Å². The van der Waals surface area contributed by atoms with Crippen LogP contribution in [0.15, 0.2) is 24.3 Å². The molecule has 0 fully saturated rings. The summed E-state index contributed by atoms with van der Waals surface area (Å²) in [7, 11) is 0. The predicted molar refractivity (Wildman–Crippen MR) is 90.8 cm³/mol. The summed E-state index contributed by atoms with van der Waals surface area (Å²) in [6, 6.07) is 7.77. The molecule has 0 bridgehead atoms. The lowest BCUT2D eigenvalue weighted by Crippen LogP contribution is -2.16.